The maximum Gasteiger partial charge on any atom is 0.410 e. The minimum atomic E-state index is -0.523. The second kappa shape index (κ2) is 6.29. The Balaban J connectivity index is 1.95. The van der Waals surface area contributed by atoms with Gasteiger partial charge in [-0.25, -0.2) is 4.79 Å². The molecule has 1 aromatic rings. The maximum absolute atomic E-state index is 12.3. The maximum atomic E-state index is 12.3. The van der Waals surface area contributed by atoms with Crippen molar-refractivity contribution in [3.63, 3.8) is 0 Å². The number of hydrogen-bond acceptors (Lipinski definition) is 5. The molecule has 1 aliphatic heterocycles. The van der Waals surface area contributed by atoms with Gasteiger partial charge in [0.25, 0.3) is 5.91 Å². The first-order chi connectivity index (χ1) is 10.3. The summed E-state index contributed by atoms with van der Waals surface area (Å²) < 4.78 is 10.5. The van der Waals surface area contributed by atoms with Crippen molar-refractivity contribution in [2.75, 3.05) is 31.9 Å². The zero-order valence-corrected chi connectivity index (χ0v) is 13.3. The molecule has 122 valence electrons. The van der Waals surface area contributed by atoms with Crippen molar-refractivity contribution in [3.8, 4) is 0 Å². The smallest absolute Gasteiger partial charge is 0.410 e. The van der Waals surface area contributed by atoms with Crippen LogP contribution in [0.4, 0.5) is 10.7 Å². The van der Waals surface area contributed by atoms with E-state index < -0.39 is 5.60 Å². The summed E-state index contributed by atoms with van der Waals surface area (Å²) in [5.41, 5.74) is 4.97. The summed E-state index contributed by atoms with van der Waals surface area (Å²) in [6.07, 6.45) is 0.352. The fourth-order valence-electron chi connectivity index (χ4n) is 2.25. The van der Waals surface area contributed by atoms with Crippen LogP contribution < -0.4 is 5.73 Å². The third-order valence-electron chi connectivity index (χ3n) is 3.27. The number of nitrogens with zero attached hydrogens (tertiary/aromatic N) is 2. The zero-order chi connectivity index (χ0) is 16.3. The van der Waals surface area contributed by atoms with Crippen LogP contribution in [0.1, 0.15) is 37.7 Å². The third-order valence-corrected chi connectivity index (χ3v) is 3.27. The number of carbonyl (C=O) groups excluding carboxylic acids is 2. The molecule has 0 aromatic carbocycles. The predicted octanol–water partition coefficient (Wildman–Crippen LogP) is 1.94. The minimum absolute atomic E-state index is 0.206. The number of furan rings is 1. The summed E-state index contributed by atoms with van der Waals surface area (Å²) in [5, 5.41) is 0. The first-order valence-electron chi connectivity index (χ1n) is 7.39. The molecule has 22 heavy (non-hydrogen) atoms. The quantitative estimate of drug-likeness (QED) is 0.856. The molecular weight excluding hydrogens is 286 g/mol. The van der Waals surface area contributed by atoms with Gasteiger partial charge < -0.3 is 24.7 Å². The highest BCUT2D eigenvalue weighted by molar-refractivity contribution is 5.92. The lowest BCUT2D eigenvalue weighted by Gasteiger charge is -2.26. The van der Waals surface area contributed by atoms with Gasteiger partial charge in [0.05, 0.1) is 0 Å². The van der Waals surface area contributed by atoms with E-state index in [1.54, 1.807) is 21.9 Å². The van der Waals surface area contributed by atoms with Crippen molar-refractivity contribution in [3.05, 3.63) is 17.9 Å². The van der Waals surface area contributed by atoms with E-state index in [1.165, 1.54) is 0 Å². The molecule has 2 amide bonds. The van der Waals surface area contributed by atoms with Gasteiger partial charge >= 0.3 is 6.09 Å². The van der Waals surface area contributed by atoms with Crippen LogP contribution in [0.2, 0.25) is 0 Å². The molecule has 0 spiro atoms. The van der Waals surface area contributed by atoms with Crippen LogP contribution >= 0.6 is 0 Å². The number of rotatable bonds is 1. The van der Waals surface area contributed by atoms with E-state index in [1.807, 2.05) is 20.8 Å². The van der Waals surface area contributed by atoms with E-state index in [0.717, 1.165) is 0 Å². The second-order valence-corrected chi connectivity index (χ2v) is 6.32. The topological polar surface area (TPSA) is 89.0 Å². The third kappa shape index (κ3) is 4.16. The Morgan fingerprint density at radius 2 is 1.77 bits per heavy atom. The van der Waals surface area contributed by atoms with Crippen LogP contribution in [0.3, 0.4) is 0 Å². The first-order valence-corrected chi connectivity index (χ1v) is 7.39. The molecule has 7 nitrogen and oxygen atoms in total. The molecule has 2 N–H and O–H groups in total. The molecule has 0 unspecified atom stereocenters. The van der Waals surface area contributed by atoms with Crippen LogP contribution in [0.5, 0.6) is 0 Å². The summed E-state index contributed by atoms with van der Waals surface area (Å²) in [5.74, 6) is 0.236. The highest BCUT2D eigenvalue weighted by atomic mass is 16.6. The van der Waals surface area contributed by atoms with E-state index in [4.69, 9.17) is 14.9 Å². The fraction of sp³-hybridized carbons (Fsp3) is 0.600. The van der Waals surface area contributed by atoms with Crippen molar-refractivity contribution in [2.45, 2.75) is 32.8 Å². The lowest BCUT2D eigenvalue weighted by Crippen LogP contribution is -2.40. The SMILES string of the molecule is CC(C)(C)OC(=O)N1CCCN(C(=O)c2ccc(N)o2)CC1. The van der Waals surface area contributed by atoms with Gasteiger partial charge in [-0.1, -0.05) is 0 Å². The largest absolute Gasteiger partial charge is 0.444 e. The number of nitrogen functional groups attached to an aromatic ring is 1. The average molecular weight is 309 g/mol. The van der Waals surface area contributed by atoms with E-state index in [-0.39, 0.29) is 23.6 Å². The second-order valence-electron chi connectivity index (χ2n) is 6.32. The minimum Gasteiger partial charge on any atom is -0.444 e. The number of amides is 2. The van der Waals surface area contributed by atoms with E-state index in [0.29, 0.717) is 32.6 Å². The standard InChI is InChI=1S/C15H23N3O4/c1-15(2,3)22-14(20)18-8-4-7-17(9-10-18)13(19)11-5-6-12(16)21-11/h5-6H,4,7-10,16H2,1-3H3. The van der Waals surface area contributed by atoms with Gasteiger partial charge in [-0.3, -0.25) is 4.79 Å². The van der Waals surface area contributed by atoms with Gasteiger partial charge in [0.15, 0.2) is 11.6 Å². The molecule has 2 rings (SSSR count). The average Bonchev–Trinajstić information content (AvgIpc) is 2.70. The number of nitrogens with two attached hydrogens (primary N) is 1. The molecule has 0 bridgehead atoms. The Morgan fingerprint density at radius 1 is 1.14 bits per heavy atom. The molecule has 0 atom stereocenters. The Kier molecular flexibility index (Phi) is 4.63. The van der Waals surface area contributed by atoms with Crippen LogP contribution in [-0.4, -0.2) is 53.6 Å². The highest BCUT2D eigenvalue weighted by Gasteiger charge is 2.27. The number of ether oxygens (including phenoxy) is 1. The van der Waals surface area contributed by atoms with E-state index in [9.17, 15) is 9.59 Å². The summed E-state index contributed by atoms with van der Waals surface area (Å²) in [7, 11) is 0. The molecule has 2 heterocycles. The lowest BCUT2D eigenvalue weighted by atomic mass is 10.2. The fourth-order valence-corrected chi connectivity index (χ4v) is 2.25. The van der Waals surface area contributed by atoms with Crippen LogP contribution in [-0.2, 0) is 4.74 Å². The Morgan fingerprint density at radius 3 is 2.36 bits per heavy atom. The highest BCUT2D eigenvalue weighted by Crippen LogP contribution is 2.15. The van der Waals surface area contributed by atoms with Crippen molar-refractivity contribution >= 4 is 17.9 Å². The van der Waals surface area contributed by atoms with Gasteiger partial charge in [0.1, 0.15) is 5.60 Å². The van der Waals surface area contributed by atoms with Gasteiger partial charge in [0.2, 0.25) is 0 Å². The number of carbonyl (C=O) groups is 2. The van der Waals surface area contributed by atoms with E-state index in [2.05, 4.69) is 0 Å². The summed E-state index contributed by atoms with van der Waals surface area (Å²) >= 11 is 0. The van der Waals surface area contributed by atoms with Crippen molar-refractivity contribution < 1.29 is 18.7 Å². The van der Waals surface area contributed by atoms with Crippen LogP contribution in [0.15, 0.2) is 16.5 Å². The first kappa shape index (κ1) is 16.2. The van der Waals surface area contributed by atoms with Crippen molar-refractivity contribution in [2.24, 2.45) is 0 Å². The van der Waals surface area contributed by atoms with Gasteiger partial charge in [0, 0.05) is 32.2 Å². The molecule has 7 heteroatoms. The summed E-state index contributed by atoms with van der Waals surface area (Å²) in [4.78, 5) is 27.7. The molecule has 1 aromatic heterocycles. The normalized spacial score (nSPS) is 16.3. The lowest BCUT2D eigenvalue weighted by molar-refractivity contribution is 0.0255. The molecule has 1 saturated heterocycles. The molecule has 0 radical (unpaired) electrons. The predicted molar refractivity (Wildman–Crippen MR) is 81.4 cm³/mol. The molecule has 0 saturated carbocycles. The number of hydrogen-bond donors (Lipinski definition) is 1. The van der Waals surface area contributed by atoms with Gasteiger partial charge in [-0.2, -0.15) is 0 Å². The molecular formula is C15H23N3O4. The Labute approximate surface area is 130 Å². The zero-order valence-electron chi connectivity index (χ0n) is 13.3. The van der Waals surface area contributed by atoms with Crippen LogP contribution in [0, 0.1) is 0 Å². The Bertz CT molecular complexity index is 547. The van der Waals surface area contributed by atoms with Crippen molar-refractivity contribution in [1.82, 2.24) is 9.80 Å². The Hall–Kier alpha value is -2.18. The van der Waals surface area contributed by atoms with Crippen molar-refractivity contribution in [1.29, 1.82) is 0 Å². The van der Waals surface area contributed by atoms with Gasteiger partial charge in [-0.05, 0) is 33.3 Å². The summed E-state index contributed by atoms with van der Waals surface area (Å²) in [6.45, 7) is 7.52. The van der Waals surface area contributed by atoms with E-state index >= 15 is 0 Å². The molecule has 1 fully saturated rings. The molecule has 0 aliphatic carbocycles. The van der Waals surface area contributed by atoms with Crippen LogP contribution in [0.25, 0.3) is 0 Å². The molecule has 1 aliphatic rings. The van der Waals surface area contributed by atoms with Gasteiger partial charge in [-0.15, -0.1) is 0 Å². The monoisotopic (exact) mass is 309 g/mol. The summed E-state index contributed by atoms with van der Waals surface area (Å²) in [6, 6.07) is 3.12. The number of anilines is 1.